The van der Waals surface area contributed by atoms with Crippen LogP contribution >= 0.6 is 0 Å². The van der Waals surface area contributed by atoms with Gasteiger partial charge in [0.15, 0.2) is 0 Å². The molecule has 0 fully saturated rings. The minimum Gasteiger partial charge on any atom is -0.744 e. The SMILES string of the molecule is CCCCCCCCCCCCCCCCOc1ccc2cc(S(=O)(=O)[O-])cc(S(=O)(=O)[O-])c2c1.CO.[NH4+].[NH4+]. The second kappa shape index (κ2) is 21.0. The number of rotatable bonds is 18. The van der Waals surface area contributed by atoms with Crippen LogP contribution in [0.25, 0.3) is 10.8 Å². The number of aliphatic hydroxyl groups excluding tert-OH is 1. The quantitative estimate of drug-likeness (QED) is 0.122. The largest absolute Gasteiger partial charge is 0.744 e. The molecule has 0 saturated carbocycles. The number of hydrogen-bond acceptors (Lipinski definition) is 8. The molecule has 10 nitrogen and oxygen atoms in total. The van der Waals surface area contributed by atoms with E-state index in [1.54, 1.807) is 6.07 Å². The van der Waals surface area contributed by atoms with Gasteiger partial charge in [0.1, 0.15) is 26.0 Å². The summed E-state index contributed by atoms with van der Waals surface area (Å²) in [5.41, 5.74) is 0. The molecule has 2 rings (SSSR count). The van der Waals surface area contributed by atoms with Gasteiger partial charge in [-0.3, -0.25) is 0 Å². The number of ether oxygens (including phenoxy) is 1. The van der Waals surface area contributed by atoms with Crippen LogP contribution < -0.4 is 17.0 Å². The smallest absolute Gasteiger partial charge is 0.125 e. The topological polar surface area (TPSA) is 217 Å². The maximum absolute atomic E-state index is 11.7. The first kappa shape index (κ1) is 39.3. The first-order valence-electron chi connectivity index (χ1n) is 13.2. The van der Waals surface area contributed by atoms with Crippen LogP contribution in [0.2, 0.25) is 0 Å². The van der Waals surface area contributed by atoms with E-state index < -0.39 is 30.0 Å². The van der Waals surface area contributed by atoms with Crippen molar-refractivity contribution in [1.82, 2.24) is 12.3 Å². The molecule has 0 aliphatic rings. The summed E-state index contributed by atoms with van der Waals surface area (Å²) in [4.78, 5) is -1.50. The van der Waals surface area contributed by atoms with Crippen LogP contribution in [0, 0.1) is 0 Å². The Morgan fingerprint density at radius 1 is 0.667 bits per heavy atom. The second-order valence-corrected chi connectivity index (χ2v) is 11.9. The van der Waals surface area contributed by atoms with Crippen molar-refractivity contribution in [3.05, 3.63) is 30.3 Å². The number of unbranched alkanes of at least 4 members (excludes halogenated alkanes) is 13. The molecule has 0 unspecified atom stereocenters. The van der Waals surface area contributed by atoms with Crippen molar-refractivity contribution in [2.24, 2.45) is 0 Å². The monoisotopic (exact) mass is 594 g/mol. The molecule has 0 radical (unpaired) electrons. The second-order valence-electron chi connectivity index (χ2n) is 9.16. The van der Waals surface area contributed by atoms with Gasteiger partial charge < -0.3 is 31.2 Å². The molecule has 12 heteroatoms. The summed E-state index contributed by atoms with van der Waals surface area (Å²) >= 11 is 0. The summed E-state index contributed by atoms with van der Waals surface area (Å²) in [7, 11) is -8.90. The standard InChI is InChI=1S/C26H40O7S2.CH4O.2H3N/c1-2-3-4-5-6-7-8-9-10-11-12-13-14-15-18-33-23-17-16-22-19-24(34(27,28)29)21-26(25(22)20-23)35(30,31)32;1-2;;/h16-17,19-21H,2-15,18H2,1H3,(H,27,28,29)(H,30,31,32);2H,1H3;2*1H3. The van der Waals surface area contributed by atoms with Gasteiger partial charge in [0.05, 0.1) is 16.4 Å². The predicted octanol–water partition coefficient (Wildman–Crippen LogP) is 6.87. The van der Waals surface area contributed by atoms with E-state index >= 15 is 0 Å². The van der Waals surface area contributed by atoms with Gasteiger partial charge >= 0.3 is 0 Å². The molecule has 228 valence electrons. The maximum atomic E-state index is 11.7. The van der Waals surface area contributed by atoms with Gasteiger partial charge in [-0.15, -0.1) is 0 Å². The third-order valence-corrected chi connectivity index (χ3v) is 7.88. The highest BCUT2D eigenvalue weighted by Gasteiger charge is 2.14. The lowest BCUT2D eigenvalue weighted by atomic mass is 10.0. The summed E-state index contributed by atoms with van der Waals surface area (Å²) < 4.78 is 74.6. The molecule has 0 atom stereocenters. The lowest BCUT2D eigenvalue weighted by Crippen LogP contribution is -2.05. The highest BCUT2D eigenvalue weighted by atomic mass is 32.2. The maximum Gasteiger partial charge on any atom is 0.125 e. The molecular weight excluding hydrogens is 544 g/mol. The molecule has 0 spiro atoms. The number of quaternary nitrogens is 2. The molecule has 0 aromatic heterocycles. The minimum absolute atomic E-state index is 0. The molecule has 39 heavy (non-hydrogen) atoms. The third-order valence-electron chi connectivity index (χ3n) is 6.19. The van der Waals surface area contributed by atoms with Gasteiger partial charge in [0.25, 0.3) is 0 Å². The zero-order valence-electron chi connectivity index (χ0n) is 24.1. The van der Waals surface area contributed by atoms with Gasteiger partial charge in [0.2, 0.25) is 0 Å². The summed E-state index contributed by atoms with van der Waals surface area (Å²) in [6, 6.07) is 6.08. The fraction of sp³-hybridized carbons (Fsp3) is 0.630. The first-order valence-corrected chi connectivity index (χ1v) is 16.0. The lowest BCUT2D eigenvalue weighted by molar-refractivity contribution is 0.304. The highest BCUT2D eigenvalue weighted by molar-refractivity contribution is 7.86. The van der Waals surface area contributed by atoms with E-state index in [0.717, 1.165) is 32.4 Å². The summed E-state index contributed by atoms with van der Waals surface area (Å²) in [5.74, 6) is 0.384. The van der Waals surface area contributed by atoms with E-state index in [4.69, 9.17) is 9.84 Å². The van der Waals surface area contributed by atoms with Crippen molar-refractivity contribution < 1.29 is 35.8 Å². The molecule has 0 saturated heterocycles. The van der Waals surface area contributed by atoms with Crippen molar-refractivity contribution in [3.63, 3.8) is 0 Å². The fourth-order valence-corrected chi connectivity index (χ4v) is 5.53. The van der Waals surface area contributed by atoms with E-state index in [1.165, 1.54) is 82.8 Å². The Morgan fingerprint density at radius 2 is 1.13 bits per heavy atom. The molecule has 0 bridgehead atoms. The fourth-order valence-electron chi connectivity index (χ4n) is 4.20. The summed E-state index contributed by atoms with van der Waals surface area (Å²) in [5, 5.41) is 7.20. The van der Waals surface area contributed by atoms with Gasteiger partial charge in [-0.1, -0.05) is 96.5 Å². The first-order chi connectivity index (χ1) is 17.6. The van der Waals surface area contributed by atoms with Crippen LogP contribution in [0.1, 0.15) is 96.8 Å². The number of hydrogen-bond donors (Lipinski definition) is 3. The molecule has 0 amide bonds. The Balaban J connectivity index is 0. The van der Waals surface area contributed by atoms with E-state index in [0.29, 0.717) is 18.4 Å². The van der Waals surface area contributed by atoms with Crippen molar-refractivity contribution in [1.29, 1.82) is 0 Å². The van der Waals surface area contributed by atoms with Crippen LogP contribution in [0.15, 0.2) is 40.1 Å². The molecule has 9 N–H and O–H groups in total. The molecule has 0 heterocycles. The average Bonchev–Trinajstić information content (AvgIpc) is 2.85. The zero-order valence-corrected chi connectivity index (χ0v) is 25.7. The molecular formula is C27H50N2O8S2. The average molecular weight is 595 g/mol. The number of benzene rings is 2. The Kier molecular flexibility index (Phi) is 21.2. The summed E-state index contributed by atoms with van der Waals surface area (Å²) in [6.07, 6.45) is 17.6. The molecule has 0 aliphatic carbocycles. The van der Waals surface area contributed by atoms with E-state index in [-0.39, 0.29) is 23.1 Å². The lowest BCUT2D eigenvalue weighted by Gasteiger charge is -2.16. The summed E-state index contributed by atoms with van der Waals surface area (Å²) in [6.45, 7) is 2.70. The van der Waals surface area contributed by atoms with Crippen LogP contribution in [0.5, 0.6) is 5.75 Å². The third kappa shape index (κ3) is 15.5. The van der Waals surface area contributed by atoms with Crippen molar-refractivity contribution in [2.75, 3.05) is 13.7 Å². The molecule has 0 aliphatic heterocycles. The van der Waals surface area contributed by atoms with E-state index in [1.807, 2.05) is 0 Å². The van der Waals surface area contributed by atoms with Gasteiger partial charge in [-0.2, -0.15) is 0 Å². The van der Waals surface area contributed by atoms with E-state index in [9.17, 15) is 25.9 Å². The van der Waals surface area contributed by atoms with Gasteiger partial charge in [-0.05, 0) is 36.1 Å². The van der Waals surface area contributed by atoms with Crippen molar-refractivity contribution in [2.45, 2.75) is 107 Å². The van der Waals surface area contributed by atoms with Crippen molar-refractivity contribution >= 4 is 31.0 Å². The van der Waals surface area contributed by atoms with Crippen molar-refractivity contribution in [3.8, 4) is 5.75 Å². The Labute approximate surface area is 235 Å². The Bertz CT molecular complexity index is 1140. The van der Waals surface area contributed by atoms with Gasteiger partial charge in [0, 0.05) is 12.5 Å². The predicted molar refractivity (Wildman–Crippen MR) is 156 cm³/mol. The highest BCUT2D eigenvalue weighted by Crippen LogP contribution is 2.30. The zero-order chi connectivity index (χ0) is 27.7. The minimum atomic E-state index is -4.99. The van der Waals surface area contributed by atoms with E-state index in [2.05, 4.69) is 6.92 Å². The number of fused-ring (bicyclic) bond motifs is 1. The Hall–Kier alpha value is -1.80. The molecule has 2 aromatic rings. The molecule has 2 aromatic carbocycles. The van der Waals surface area contributed by atoms with Crippen LogP contribution in [-0.2, 0) is 20.2 Å². The Morgan fingerprint density at radius 3 is 1.56 bits per heavy atom. The van der Waals surface area contributed by atoms with Crippen LogP contribution in [0.3, 0.4) is 0 Å². The van der Waals surface area contributed by atoms with Crippen LogP contribution in [-0.4, -0.2) is 44.8 Å². The number of aliphatic hydroxyl groups is 1. The van der Waals surface area contributed by atoms with Gasteiger partial charge in [-0.25, -0.2) is 16.8 Å². The normalized spacial score (nSPS) is 11.2. The van der Waals surface area contributed by atoms with Crippen LogP contribution in [0.4, 0.5) is 0 Å².